The summed E-state index contributed by atoms with van der Waals surface area (Å²) in [5.41, 5.74) is 5.38. The Balaban J connectivity index is 1.23. The van der Waals surface area contributed by atoms with Crippen molar-refractivity contribution in [1.29, 1.82) is 5.26 Å². The molecule has 6 rings (SSSR count). The summed E-state index contributed by atoms with van der Waals surface area (Å²) in [6, 6.07) is 8.50. The molecule has 1 spiro atoms. The summed E-state index contributed by atoms with van der Waals surface area (Å²) >= 11 is 0. The number of aromatic nitrogens is 5. The summed E-state index contributed by atoms with van der Waals surface area (Å²) in [5, 5.41) is 18.4. The average molecular weight is 495 g/mol. The van der Waals surface area contributed by atoms with Gasteiger partial charge in [-0.15, -0.1) is 0 Å². The molecule has 0 bridgehead atoms. The van der Waals surface area contributed by atoms with Crippen molar-refractivity contribution >= 4 is 17.2 Å². The highest BCUT2D eigenvalue weighted by atomic mass is 16.2. The van der Waals surface area contributed by atoms with E-state index in [9.17, 15) is 10.1 Å². The number of piperidine rings is 1. The van der Waals surface area contributed by atoms with Crippen molar-refractivity contribution in [1.82, 2.24) is 29.3 Å². The fourth-order valence-corrected chi connectivity index (χ4v) is 5.69. The number of pyridine rings is 2. The number of anilines is 1. The lowest BCUT2D eigenvalue weighted by Gasteiger charge is -2.54. The maximum absolute atomic E-state index is 12.3. The Morgan fingerprint density at radius 3 is 2.43 bits per heavy atom. The normalized spacial score (nSPS) is 16.8. The number of fused-ring (bicyclic) bond motifs is 1. The van der Waals surface area contributed by atoms with Gasteiger partial charge < -0.3 is 9.80 Å². The second kappa shape index (κ2) is 8.73. The van der Waals surface area contributed by atoms with Gasteiger partial charge in [0.2, 0.25) is 5.91 Å². The molecule has 0 atom stereocenters. The van der Waals surface area contributed by atoms with E-state index in [0.29, 0.717) is 5.56 Å². The molecule has 9 heteroatoms. The molecule has 9 nitrogen and oxygen atoms in total. The Labute approximate surface area is 215 Å². The molecule has 4 aromatic heterocycles. The minimum absolute atomic E-state index is 0.0678. The Hall–Kier alpha value is -4.19. The van der Waals surface area contributed by atoms with Gasteiger partial charge in [-0.1, -0.05) is 13.8 Å². The zero-order valence-corrected chi connectivity index (χ0v) is 21.4. The molecule has 0 aromatic carbocycles. The monoisotopic (exact) mass is 494 g/mol. The molecule has 2 saturated heterocycles. The van der Waals surface area contributed by atoms with E-state index in [0.717, 1.165) is 72.6 Å². The van der Waals surface area contributed by atoms with Crippen LogP contribution in [0.25, 0.3) is 27.8 Å². The number of rotatable bonds is 4. The molecule has 0 aliphatic carbocycles. The Kier molecular flexibility index (Phi) is 5.48. The minimum atomic E-state index is 0.0678. The summed E-state index contributed by atoms with van der Waals surface area (Å²) in [6.45, 7) is 7.61. The van der Waals surface area contributed by atoms with Crippen molar-refractivity contribution in [3.63, 3.8) is 0 Å². The second-order valence-electron chi connectivity index (χ2n) is 10.7. The molecular weight excluding hydrogens is 464 g/mol. The van der Waals surface area contributed by atoms with Crippen LogP contribution in [0.5, 0.6) is 0 Å². The van der Waals surface area contributed by atoms with Gasteiger partial charge in [0, 0.05) is 85.4 Å². The third kappa shape index (κ3) is 4.02. The first-order valence-electron chi connectivity index (χ1n) is 12.8. The number of hydrogen-bond donors (Lipinski definition) is 0. The van der Waals surface area contributed by atoms with Crippen LogP contribution in [0.4, 0.5) is 5.82 Å². The topological polar surface area (TPSA) is 95.4 Å². The SMILES string of the molecule is CC(C)C(=O)N1CC2(CCN(c3ccc(-c4cc(-c5cnn(C)c5)cn5ncc(C#N)c45)cn3)CC2)C1. The molecule has 1 amide bonds. The molecule has 188 valence electrons. The molecule has 0 saturated carbocycles. The summed E-state index contributed by atoms with van der Waals surface area (Å²) in [7, 11) is 1.89. The van der Waals surface area contributed by atoms with Crippen LogP contribution in [-0.2, 0) is 11.8 Å². The van der Waals surface area contributed by atoms with Gasteiger partial charge in [0.1, 0.15) is 11.9 Å². The number of aryl methyl sites for hydroxylation is 1. The number of nitrogens with zero attached hydrogens (tertiary/aromatic N) is 8. The van der Waals surface area contributed by atoms with E-state index in [2.05, 4.69) is 39.4 Å². The van der Waals surface area contributed by atoms with Gasteiger partial charge in [-0.3, -0.25) is 9.48 Å². The first-order valence-corrected chi connectivity index (χ1v) is 12.8. The number of hydrogen-bond acceptors (Lipinski definition) is 6. The Bertz CT molecular complexity index is 1510. The predicted octanol–water partition coefficient (Wildman–Crippen LogP) is 3.75. The zero-order valence-electron chi connectivity index (χ0n) is 21.4. The van der Waals surface area contributed by atoms with E-state index in [1.54, 1.807) is 15.4 Å². The first-order chi connectivity index (χ1) is 17.9. The molecule has 0 N–H and O–H groups in total. The second-order valence-corrected chi connectivity index (χ2v) is 10.7. The Morgan fingerprint density at radius 1 is 1.03 bits per heavy atom. The largest absolute Gasteiger partial charge is 0.357 e. The van der Waals surface area contributed by atoms with Crippen LogP contribution in [0.1, 0.15) is 32.3 Å². The van der Waals surface area contributed by atoms with Gasteiger partial charge in [0.05, 0.1) is 23.5 Å². The maximum atomic E-state index is 12.3. The lowest BCUT2D eigenvalue weighted by Crippen LogP contribution is -2.62. The van der Waals surface area contributed by atoms with E-state index >= 15 is 0 Å². The smallest absolute Gasteiger partial charge is 0.225 e. The first kappa shape index (κ1) is 23.2. The molecule has 2 aliphatic rings. The highest BCUT2D eigenvalue weighted by Crippen LogP contribution is 2.42. The van der Waals surface area contributed by atoms with Crippen LogP contribution in [0.2, 0.25) is 0 Å². The van der Waals surface area contributed by atoms with Crippen molar-refractivity contribution in [3.05, 3.63) is 54.7 Å². The third-order valence-electron chi connectivity index (χ3n) is 7.84. The molecule has 2 fully saturated rings. The molecule has 4 aromatic rings. The number of carbonyl (C=O) groups is 1. The van der Waals surface area contributed by atoms with Crippen molar-refractivity contribution in [2.75, 3.05) is 31.1 Å². The number of amides is 1. The van der Waals surface area contributed by atoms with Crippen LogP contribution < -0.4 is 4.90 Å². The van der Waals surface area contributed by atoms with Gasteiger partial charge in [-0.05, 0) is 31.0 Å². The summed E-state index contributed by atoms with van der Waals surface area (Å²) in [5.74, 6) is 1.30. The lowest BCUT2D eigenvalue weighted by atomic mass is 9.71. The molecule has 6 heterocycles. The fourth-order valence-electron chi connectivity index (χ4n) is 5.69. The standard InChI is InChI=1S/C28H30N8O/c1-19(2)27(37)35-17-28(18-35)6-8-34(9-7-28)25-5-4-20(12-30-25)24-10-21(23-14-31-33(3)15-23)16-36-26(24)22(11-29)13-32-36/h4-5,10,12-16,19H,6-9,17-18H2,1-3H3. The van der Waals surface area contributed by atoms with Crippen LogP contribution in [0.3, 0.4) is 0 Å². The lowest BCUT2D eigenvalue weighted by molar-refractivity contribution is -0.148. The summed E-state index contributed by atoms with van der Waals surface area (Å²) in [4.78, 5) is 21.4. The van der Waals surface area contributed by atoms with E-state index in [-0.39, 0.29) is 17.2 Å². The van der Waals surface area contributed by atoms with E-state index in [1.165, 1.54) is 0 Å². The Morgan fingerprint density at radius 2 is 1.81 bits per heavy atom. The number of carbonyl (C=O) groups excluding carboxylic acids is 1. The van der Waals surface area contributed by atoms with Crippen LogP contribution in [-0.4, -0.2) is 61.4 Å². The number of likely N-dealkylation sites (tertiary alicyclic amines) is 1. The molecule has 37 heavy (non-hydrogen) atoms. The van der Waals surface area contributed by atoms with Crippen LogP contribution in [0, 0.1) is 22.7 Å². The van der Waals surface area contributed by atoms with Gasteiger partial charge >= 0.3 is 0 Å². The zero-order chi connectivity index (χ0) is 25.7. The molecule has 0 unspecified atom stereocenters. The molecular formula is C28H30N8O. The van der Waals surface area contributed by atoms with Gasteiger partial charge in [-0.25, -0.2) is 9.50 Å². The van der Waals surface area contributed by atoms with Crippen molar-refractivity contribution in [2.45, 2.75) is 26.7 Å². The van der Waals surface area contributed by atoms with Crippen molar-refractivity contribution < 1.29 is 4.79 Å². The minimum Gasteiger partial charge on any atom is -0.357 e. The van der Waals surface area contributed by atoms with Gasteiger partial charge in [0.15, 0.2) is 0 Å². The number of nitriles is 1. The van der Waals surface area contributed by atoms with Crippen LogP contribution >= 0.6 is 0 Å². The maximum Gasteiger partial charge on any atom is 0.225 e. The van der Waals surface area contributed by atoms with Gasteiger partial charge in [-0.2, -0.15) is 15.5 Å². The van der Waals surface area contributed by atoms with Crippen molar-refractivity contribution in [3.8, 4) is 28.3 Å². The van der Waals surface area contributed by atoms with Crippen LogP contribution in [0.15, 0.2) is 49.2 Å². The highest BCUT2D eigenvalue weighted by molar-refractivity contribution is 5.87. The quantitative estimate of drug-likeness (QED) is 0.429. The van der Waals surface area contributed by atoms with Gasteiger partial charge in [0.25, 0.3) is 0 Å². The average Bonchev–Trinajstić information content (AvgIpc) is 3.52. The van der Waals surface area contributed by atoms with E-state index in [4.69, 9.17) is 4.98 Å². The molecule has 2 aliphatic heterocycles. The van der Waals surface area contributed by atoms with Crippen molar-refractivity contribution in [2.24, 2.45) is 18.4 Å². The third-order valence-corrected chi connectivity index (χ3v) is 7.84. The summed E-state index contributed by atoms with van der Waals surface area (Å²) in [6.07, 6.45) is 11.4. The van der Waals surface area contributed by atoms with E-state index < -0.39 is 0 Å². The van der Waals surface area contributed by atoms with E-state index in [1.807, 2.05) is 50.6 Å². The molecule has 0 radical (unpaired) electrons. The fraction of sp³-hybridized carbons (Fsp3) is 0.393. The predicted molar refractivity (Wildman–Crippen MR) is 141 cm³/mol. The summed E-state index contributed by atoms with van der Waals surface area (Å²) < 4.78 is 3.53. The highest BCUT2D eigenvalue weighted by Gasteiger charge is 2.47.